The fraction of sp³-hybridized carbons (Fsp3) is 0. The zero-order valence-corrected chi connectivity index (χ0v) is 5.67. The molecule has 0 heterocycles. The summed E-state index contributed by atoms with van der Waals surface area (Å²) in [5.41, 5.74) is 0. The first kappa shape index (κ1) is 8.33. The van der Waals surface area contributed by atoms with Crippen LogP contribution in [0.1, 0.15) is 0 Å². The molecule has 0 aliphatic carbocycles. The van der Waals surface area contributed by atoms with Crippen LogP contribution in [0.3, 0.4) is 0 Å². The van der Waals surface area contributed by atoms with Gasteiger partial charge >= 0.3 is 0 Å². The van der Waals surface area contributed by atoms with E-state index in [-0.39, 0.29) is 0 Å². The average molecular weight is 144 g/mol. The van der Waals surface area contributed by atoms with Crippen molar-refractivity contribution < 1.29 is 8.76 Å². The predicted molar refractivity (Wildman–Crippen MR) is 39.2 cm³/mol. The van der Waals surface area contributed by atoms with Crippen molar-refractivity contribution in [1.82, 2.24) is 0 Å². The number of allylic oxidation sites excluding steroid dienone is 4. The van der Waals surface area contributed by atoms with Gasteiger partial charge in [-0.25, -0.2) is 4.21 Å². The maximum Gasteiger partial charge on any atom is 0.178 e. The van der Waals surface area contributed by atoms with Crippen LogP contribution in [0.15, 0.2) is 36.3 Å². The first-order valence-electron chi connectivity index (χ1n) is 2.33. The fourth-order valence-electron chi connectivity index (χ4n) is 0.255. The van der Waals surface area contributed by atoms with Crippen molar-refractivity contribution in [3.63, 3.8) is 0 Å². The van der Waals surface area contributed by atoms with Gasteiger partial charge in [0.25, 0.3) is 0 Å². The van der Waals surface area contributed by atoms with E-state index in [4.69, 9.17) is 4.55 Å². The van der Waals surface area contributed by atoms with Crippen LogP contribution in [-0.4, -0.2) is 8.76 Å². The third kappa shape index (κ3) is 7.33. The van der Waals surface area contributed by atoms with Gasteiger partial charge in [-0.3, -0.25) is 0 Å². The molecule has 0 rings (SSSR count). The molecule has 0 aromatic carbocycles. The van der Waals surface area contributed by atoms with Crippen LogP contribution in [0.2, 0.25) is 0 Å². The highest BCUT2D eigenvalue weighted by atomic mass is 32.2. The van der Waals surface area contributed by atoms with Gasteiger partial charge in [0.2, 0.25) is 0 Å². The second kappa shape index (κ2) is 5.47. The van der Waals surface area contributed by atoms with Crippen molar-refractivity contribution in [2.24, 2.45) is 0 Å². The van der Waals surface area contributed by atoms with Crippen molar-refractivity contribution in [3.8, 4) is 0 Å². The summed E-state index contributed by atoms with van der Waals surface area (Å²) in [7, 11) is 0. The van der Waals surface area contributed by atoms with Gasteiger partial charge in [-0.15, -0.1) is 0 Å². The van der Waals surface area contributed by atoms with Crippen LogP contribution >= 0.6 is 0 Å². The number of hydrogen-bond donors (Lipinski definition) is 1. The summed E-state index contributed by atoms with van der Waals surface area (Å²) in [5, 5.41) is 1.17. The van der Waals surface area contributed by atoms with E-state index in [1.807, 2.05) is 0 Å². The lowest BCUT2D eigenvalue weighted by Crippen LogP contribution is -1.73. The van der Waals surface area contributed by atoms with E-state index in [0.29, 0.717) is 0 Å². The third-order valence-electron chi connectivity index (χ3n) is 0.553. The van der Waals surface area contributed by atoms with E-state index in [1.54, 1.807) is 18.2 Å². The molecular formula is C6H8O2S. The summed E-state index contributed by atoms with van der Waals surface area (Å²) in [5.74, 6) is 0. The van der Waals surface area contributed by atoms with Crippen molar-refractivity contribution in [2.45, 2.75) is 0 Å². The van der Waals surface area contributed by atoms with Gasteiger partial charge in [0.1, 0.15) is 0 Å². The van der Waals surface area contributed by atoms with Crippen molar-refractivity contribution in [1.29, 1.82) is 0 Å². The summed E-state index contributed by atoms with van der Waals surface area (Å²) in [6, 6.07) is 0. The Morgan fingerprint density at radius 3 is 2.44 bits per heavy atom. The lowest BCUT2D eigenvalue weighted by atomic mass is 10.5. The van der Waals surface area contributed by atoms with E-state index >= 15 is 0 Å². The second-order valence-corrected chi connectivity index (χ2v) is 2.05. The Morgan fingerprint density at radius 1 is 1.33 bits per heavy atom. The van der Waals surface area contributed by atoms with Crippen LogP contribution in [0.25, 0.3) is 0 Å². The zero-order valence-electron chi connectivity index (χ0n) is 4.86. The Hall–Kier alpha value is -0.670. The molecule has 9 heavy (non-hydrogen) atoms. The third-order valence-corrected chi connectivity index (χ3v) is 0.943. The lowest BCUT2D eigenvalue weighted by molar-refractivity contribution is 0.574. The zero-order chi connectivity index (χ0) is 7.11. The summed E-state index contributed by atoms with van der Waals surface area (Å²) < 4.78 is 18.1. The van der Waals surface area contributed by atoms with Crippen molar-refractivity contribution >= 4 is 11.1 Å². The monoisotopic (exact) mass is 144 g/mol. The molecule has 0 aromatic heterocycles. The molecule has 0 aliphatic rings. The van der Waals surface area contributed by atoms with Gasteiger partial charge in [-0.05, 0) is 0 Å². The molecule has 0 saturated heterocycles. The average Bonchev–Trinajstić information content (AvgIpc) is 1.80. The molecule has 3 heteroatoms. The number of hydrogen-bond acceptors (Lipinski definition) is 1. The molecular weight excluding hydrogens is 136 g/mol. The maximum absolute atomic E-state index is 9.93. The SMILES string of the molecule is C=CC=CC=CS(=O)O. The Labute approximate surface area is 56.9 Å². The number of rotatable bonds is 3. The Morgan fingerprint density at radius 2 is 2.00 bits per heavy atom. The van der Waals surface area contributed by atoms with Gasteiger partial charge in [-0.1, -0.05) is 30.9 Å². The van der Waals surface area contributed by atoms with Crippen LogP contribution in [0, 0.1) is 0 Å². The van der Waals surface area contributed by atoms with Gasteiger partial charge in [-0.2, -0.15) is 0 Å². The summed E-state index contributed by atoms with van der Waals surface area (Å²) in [4.78, 5) is 0. The fourth-order valence-corrected chi connectivity index (χ4v) is 0.480. The van der Waals surface area contributed by atoms with Gasteiger partial charge in [0, 0.05) is 5.41 Å². The Bertz CT molecular complexity index is 158. The maximum atomic E-state index is 9.93. The summed E-state index contributed by atoms with van der Waals surface area (Å²) >= 11 is -1.84. The van der Waals surface area contributed by atoms with Gasteiger partial charge in [0.05, 0.1) is 0 Å². The van der Waals surface area contributed by atoms with E-state index in [9.17, 15) is 4.21 Å². The molecule has 1 N–H and O–H groups in total. The molecule has 1 unspecified atom stereocenters. The van der Waals surface area contributed by atoms with Crippen molar-refractivity contribution in [2.75, 3.05) is 0 Å². The van der Waals surface area contributed by atoms with Gasteiger partial charge in [0.15, 0.2) is 11.1 Å². The minimum absolute atomic E-state index is 1.17. The largest absolute Gasteiger partial charge is 0.303 e. The molecule has 50 valence electrons. The first-order chi connectivity index (χ1) is 4.27. The summed E-state index contributed by atoms with van der Waals surface area (Å²) in [6.07, 6.45) is 6.37. The van der Waals surface area contributed by atoms with E-state index in [0.717, 1.165) is 0 Å². The molecule has 2 nitrogen and oxygen atoms in total. The van der Waals surface area contributed by atoms with E-state index < -0.39 is 11.1 Å². The van der Waals surface area contributed by atoms with Crippen LogP contribution < -0.4 is 0 Å². The highest BCUT2D eigenvalue weighted by Gasteiger charge is 1.74. The van der Waals surface area contributed by atoms with Gasteiger partial charge < -0.3 is 4.55 Å². The predicted octanol–water partition coefficient (Wildman–Crippen LogP) is 1.46. The van der Waals surface area contributed by atoms with E-state index in [1.165, 1.54) is 11.5 Å². The molecule has 0 amide bonds. The van der Waals surface area contributed by atoms with E-state index in [2.05, 4.69) is 6.58 Å². The summed E-state index contributed by atoms with van der Waals surface area (Å²) in [6.45, 7) is 3.42. The molecule has 0 fully saturated rings. The minimum Gasteiger partial charge on any atom is -0.303 e. The Kier molecular flexibility index (Phi) is 5.06. The second-order valence-electron chi connectivity index (χ2n) is 1.23. The molecule has 0 aliphatic heterocycles. The minimum atomic E-state index is -1.84. The highest BCUT2D eigenvalue weighted by molar-refractivity contribution is 7.82. The standard InChI is InChI=1S/C6H8O2S/c1-2-3-4-5-6-9(7)8/h2-6H,1H2,(H,7,8). The van der Waals surface area contributed by atoms with Crippen molar-refractivity contribution in [3.05, 3.63) is 36.3 Å². The highest BCUT2D eigenvalue weighted by Crippen LogP contribution is 1.80. The lowest BCUT2D eigenvalue weighted by Gasteiger charge is -1.73. The molecule has 0 spiro atoms. The van der Waals surface area contributed by atoms with Crippen LogP contribution in [-0.2, 0) is 11.1 Å². The molecule has 0 bridgehead atoms. The first-order valence-corrected chi connectivity index (χ1v) is 3.50. The molecule has 0 radical (unpaired) electrons. The molecule has 0 saturated carbocycles. The normalized spacial score (nSPS) is 14.8. The van der Waals surface area contributed by atoms with Crippen LogP contribution in [0.4, 0.5) is 0 Å². The Balaban J connectivity index is 3.59. The smallest absolute Gasteiger partial charge is 0.178 e. The quantitative estimate of drug-likeness (QED) is 0.481. The topological polar surface area (TPSA) is 37.3 Å². The molecule has 1 atom stereocenters. The van der Waals surface area contributed by atoms with Crippen LogP contribution in [0.5, 0.6) is 0 Å². The molecule has 0 aromatic rings.